The number of rotatable bonds is 4. The normalized spacial score (nSPS) is 11.4. The van der Waals surface area contributed by atoms with Gasteiger partial charge in [0.15, 0.2) is 4.34 Å². The average molecular weight is 333 g/mol. The highest BCUT2D eigenvalue weighted by Gasteiger charge is 2.33. The Balaban J connectivity index is 2.00. The average Bonchev–Trinajstić information content (AvgIpc) is 2.82. The van der Waals surface area contributed by atoms with Crippen LogP contribution in [0.2, 0.25) is 0 Å². The van der Waals surface area contributed by atoms with Crippen LogP contribution in [0.3, 0.4) is 0 Å². The van der Waals surface area contributed by atoms with Crippen LogP contribution in [0.25, 0.3) is 0 Å². The molecule has 0 aliphatic carbocycles. The molecule has 9 heteroatoms. The van der Waals surface area contributed by atoms with E-state index in [0.29, 0.717) is 4.34 Å². The molecule has 0 atom stereocenters. The lowest BCUT2D eigenvalue weighted by Crippen LogP contribution is -2.18. The van der Waals surface area contributed by atoms with E-state index in [-0.39, 0.29) is 11.4 Å². The summed E-state index contributed by atoms with van der Waals surface area (Å²) in [5.41, 5.74) is -1.11. The van der Waals surface area contributed by atoms with Crippen molar-refractivity contribution in [2.45, 2.75) is 17.4 Å². The third-order valence-corrected chi connectivity index (χ3v) is 4.31. The Morgan fingerprint density at radius 3 is 2.67 bits per heavy atom. The lowest BCUT2D eigenvalue weighted by atomic mass is 10.1. The van der Waals surface area contributed by atoms with Crippen LogP contribution in [0.15, 0.2) is 28.6 Å². The topological polar surface area (TPSA) is 54.9 Å². The molecule has 0 spiro atoms. The van der Waals surface area contributed by atoms with E-state index in [9.17, 15) is 18.0 Å². The van der Waals surface area contributed by atoms with Gasteiger partial charge in [0.2, 0.25) is 5.91 Å². The van der Waals surface area contributed by atoms with E-state index in [1.807, 2.05) is 0 Å². The molecule has 0 aliphatic heterocycles. The van der Waals surface area contributed by atoms with E-state index in [2.05, 4.69) is 15.5 Å². The van der Waals surface area contributed by atoms with Gasteiger partial charge in [-0.1, -0.05) is 35.2 Å². The monoisotopic (exact) mass is 333 g/mol. The van der Waals surface area contributed by atoms with E-state index < -0.39 is 17.6 Å². The van der Waals surface area contributed by atoms with Crippen molar-refractivity contribution in [2.24, 2.45) is 0 Å². The first kappa shape index (κ1) is 15.8. The SMILES string of the molecule is Cc1nnc(SCC(=O)Nc2ccccc2C(F)(F)F)s1. The minimum Gasteiger partial charge on any atom is -0.325 e. The van der Waals surface area contributed by atoms with Crippen molar-refractivity contribution in [3.8, 4) is 0 Å². The van der Waals surface area contributed by atoms with Crippen LogP contribution in [0, 0.1) is 6.92 Å². The number of thioether (sulfide) groups is 1. The molecule has 2 rings (SSSR count). The van der Waals surface area contributed by atoms with Gasteiger partial charge in [0.05, 0.1) is 17.0 Å². The van der Waals surface area contributed by atoms with Gasteiger partial charge in [0, 0.05) is 0 Å². The highest BCUT2D eigenvalue weighted by molar-refractivity contribution is 8.01. The molecule has 21 heavy (non-hydrogen) atoms. The third-order valence-electron chi connectivity index (χ3n) is 2.34. The smallest absolute Gasteiger partial charge is 0.325 e. The van der Waals surface area contributed by atoms with E-state index in [1.165, 1.54) is 29.5 Å². The molecule has 2 aromatic rings. The van der Waals surface area contributed by atoms with E-state index in [4.69, 9.17) is 0 Å². The lowest BCUT2D eigenvalue weighted by Gasteiger charge is -2.13. The van der Waals surface area contributed by atoms with Crippen molar-refractivity contribution in [3.63, 3.8) is 0 Å². The predicted molar refractivity (Wildman–Crippen MR) is 75.4 cm³/mol. The second kappa shape index (κ2) is 6.44. The van der Waals surface area contributed by atoms with E-state index >= 15 is 0 Å². The Labute approximate surface area is 126 Å². The zero-order chi connectivity index (χ0) is 15.5. The van der Waals surface area contributed by atoms with Gasteiger partial charge in [0.25, 0.3) is 0 Å². The summed E-state index contributed by atoms with van der Waals surface area (Å²) in [7, 11) is 0. The summed E-state index contributed by atoms with van der Waals surface area (Å²) in [5.74, 6) is -0.551. The molecule has 1 N–H and O–H groups in total. The van der Waals surface area contributed by atoms with Gasteiger partial charge in [-0.15, -0.1) is 10.2 Å². The van der Waals surface area contributed by atoms with Gasteiger partial charge in [0.1, 0.15) is 5.01 Å². The molecule has 112 valence electrons. The molecular formula is C12H10F3N3OS2. The summed E-state index contributed by atoms with van der Waals surface area (Å²) < 4.78 is 38.9. The first-order chi connectivity index (χ1) is 9.86. The number of amides is 1. The van der Waals surface area contributed by atoms with Gasteiger partial charge < -0.3 is 5.32 Å². The molecule has 1 aromatic heterocycles. The molecular weight excluding hydrogens is 323 g/mol. The predicted octanol–water partition coefficient (Wildman–Crippen LogP) is 3.60. The molecule has 0 saturated heterocycles. The fourth-order valence-electron chi connectivity index (χ4n) is 1.49. The van der Waals surface area contributed by atoms with Crippen LogP contribution >= 0.6 is 23.1 Å². The van der Waals surface area contributed by atoms with E-state index in [1.54, 1.807) is 6.92 Å². The number of nitrogens with one attached hydrogen (secondary N) is 1. The second-order valence-corrected chi connectivity index (χ2v) is 6.37. The lowest BCUT2D eigenvalue weighted by molar-refractivity contribution is -0.137. The summed E-state index contributed by atoms with van der Waals surface area (Å²) in [6.07, 6.45) is -4.51. The molecule has 0 saturated carbocycles. The quantitative estimate of drug-likeness (QED) is 0.869. The van der Waals surface area contributed by atoms with Crippen molar-refractivity contribution in [2.75, 3.05) is 11.1 Å². The van der Waals surface area contributed by atoms with Crippen molar-refractivity contribution in [3.05, 3.63) is 34.8 Å². The highest BCUT2D eigenvalue weighted by Crippen LogP contribution is 2.34. The minimum absolute atomic E-state index is 0.0270. The third kappa shape index (κ3) is 4.43. The van der Waals surface area contributed by atoms with Gasteiger partial charge in [-0.05, 0) is 19.1 Å². The summed E-state index contributed by atoms with van der Waals surface area (Å²) in [5, 5.41) is 10.7. The molecule has 0 unspecified atom stereocenters. The molecule has 1 aromatic carbocycles. The number of carbonyl (C=O) groups is 1. The molecule has 1 heterocycles. The zero-order valence-corrected chi connectivity index (χ0v) is 12.4. The fourth-order valence-corrected chi connectivity index (χ4v) is 3.11. The van der Waals surface area contributed by atoms with Crippen LogP contribution in [-0.2, 0) is 11.0 Å². The maximum absolute atomic E-state index is 12.8. The van der Waals surface area contributed by atoms with Crippen molar-refractivity contribution >= 4 is 34.7 Å². The Hall–Kier alpha value is -1.61. The second-order valence-electron chi connectivity index (χ2n) is 3.97. The number of hydrogen-bond donors (Lipinski definition) is 1. The first-order valence-electron chi connectivity index (χ1n) is 5.75. The number of anilines is 1. The zero-order valence-electron chi connectivity index (χ0n) is 10.8. The Kier molecular flexibility index (Phi) is 4.84. The van der Waals surface area contributed by atoms with Crippen LogP contribution in [0.5, 0.6) is 0 Å². The molecule has 1 amide bonds. The summed E-state index contributed by atoms with van der Waals surface area (Å²) in [6, 6.07) is 4.86. The number of aryl methyl sites for hydroxylation is 1. The number of nitrogens with zero attached hydrogens (tertiary/aromatic N) is 2. The highest BCUT2D eigenvalue weighted by atomic mass is 32.2. The number of halogens is 3. The first-order valence-corrected chi connectivity index (χ1v) is 7.55. The largest absolute Gasteiger partial charge is 0.418 e. The van der Waals surface area contributed by atoms with Gasteiger partial charge in [-0.3, -0.25) is 4.79 Å². The summed E-state index contributed by atoms with van der Waals surface area (Å²) >= 11 is 2.46. The standard InChI is InChI=1S/C12H10F3N3OS2/c1-7-17-18-11(21-7)20-6-10(19)16-9-5-3-2-4-8(9)12(13,14)15/h2-5H,6H2,1H3,(H,16,19). The Morgan fingerprint density at radius 1 is 1.33 bits per heavy atom. The Morgan fingerprint density at radius 2 is 2.05 bits per heavy atom. The van der Waals surface area contributed by atoms with Gasteiger partial charge in [-0.2, -0.15) is 13.2 Å². The molecule has 0 bridgehead atoms. The van der Waals surface area contributed by atoms with Gasteiger partial charge in [-0.25, -0.2) is 0 Å². The van der Waals surface area contributed by atoms with Crippen LogP contribution in [-0.4, -0.2) is 21.9 Å². The van der Waals surface area contributed by atoms with Crippen LogP contribution in [0.1, 0.15) is 10.6 Å². The number of aromatic nitrogens is 2. The van der Waals surface area contributed by atoms with Crippen molar-refractivity contribution in [1.29, 1.82) is 0 Å². The molecule has 0 radical (unpaired) electrons. The van der Waals surface area contributed by atoms with Crippen LogP contribution < -0.4 is 5.32 Å². The minimum atomic E-state index is -4.51. The molecule has 0 fully saturated rings. The molecule has 4 nitrogen and oxygen atoms in total. The summed E-state index contributed by atoms with van der Waals surface area (Å²) in [4.78, 5) is 11.7. The number of para-hydroxylation sites is 1. The fraction of sp³-hybridized carbons (Fsp3) is 0.250. The Bertz CT molecular complexity index is 643. The number of alkyl halides is 3. The maximum atomic E-state index is 12.8. The van der Waals surface area contributed by atoms with Crippen molar-refractivity contribution in [1.82, 2.24) is 10.2 Å². The molecule has 0 aliphatic rings. The van der Waals surface area contributed by atoms with E-state index in [0.717, 1.165) is 22.8 Å². The van der Waals surface area contributed by atoms with Gasteiger partial charge >= 0.3 is 6.18 Å². The summed E-state index contributed by atoms with van der Waals surface area (Å²) in [6.45, 7) is 1.78. The van der Waals surface area contributed by atoms with Crippen LogP contribution in [0.4, 0.5) is 18.9 Å². The number of benzene rings is 1. The maximum Gasteiger partial charge on any atom is 0.418 e. The number of hydrogen-bond acceptors (Lipinski definition) is 5. The van der Waals surface area contributed by atoms with Crippen molar-refractivity contribution < 1.29 is 18.0 Å². The number of carbonyl (C=O) groups excluding carboxylic acids is 1.